The second-order valence-corrected chi connectivity index (χ2v) is 6.54. The Morgan fingerprint density at radius 3 is 2.41 bits per heavy atom. The molecule has 1 atom stereocenters. The SMILES string of the molecule is O=C(Cc1n[nH]c(=O)c2ccccc12)NCCC(=O)NC(CO)c1ccccc1. The Bertz CT molecular complexity index is 1050. The van der Waals surface area contributed by atoms with Crippen molar-refractivity contribution in [1.29, 1.82) is 0 Å². The van der Waals surface area contributed by atoms with Crippen molar-refractivity contribution in [3.8, 4) is 0 Å². The number of hydrogen-bond acceptors (Lipinski definition) is 5. The molecule has 8 heteroatoms. The Morgan fingerprint density at radius 1 is 1.00 bits per heavy atom. The molecule has 0 aliphatic heterocycles. The van der Waals surface area contributed by atoms with Crippen LogP contribution < -0.4 is 16.2 Å². The molecule has 0 bridgehead atoms. The van der Waals surface area contributed by atoms with Crippen molar-refractivity contribution in [2.45, 2.75) is 18.9 Å². The van der Waals surface area contributed by atoms with Crippen LogP contribution in [0.25, 0.3) is 10.8 Å². The number of nitrogens with one attached hydrogen (secondary N) is 3. The summed E-state index contributed by atoms with van der Waals surface area (Å²) in [5.41, 5.74) is 0.966. The van der Waals surface area contributed by atoms with Gasteiger partial charge in [-0.05, 0) is 11.6 Å². The third-order valence-electron chi connectivity index (χ3n) is 4.50. The second-order valence-electron chi connectivity index (χ2n) is 6.54. The first-order valence-corrected chi connectivity index (χ1v) is 9.26. The lowest BCUT2D eigenvalue weighted by molar-refractivity contribution is -0.122. The fourth-order valence-corrected chi connectivity index (χ4v) is 3.02. The molecule has 0 saturated heterocycles. The molecule has 0 aliphatic carbocycles. The number of nitrogens with zero attached hydrogens (tertiary/aromatic N) is 1. The van der Waals surface area contributed by atoms with Gasteiger partial charge in [0.05, 0.1) is 30.1 Å². The van der Waals surface area contributed by atoms with Crippen molar-refractivity contribution in [1.82, 2.24) is 20.8 Å². The van der Waals surface area contributed by atoms with Crippen LogP contribution in [0.3, 0.4) is 0 Å². The van der Waals surface area contributed by atoms with E-state index >= 15 is 0 Å². The molecule has 2 amide bonds. The van der Waals surface area contributed by atoms with Crippen molar-refractivity contribution >= 4 is 22.6 Å². The van der Waals surface area contributed by atoms with Crippen LogP contribution in [-0.4, -0.2) is 40.3 Å². The topological polar surface area (TPSA) is 124 Å². The highest BCUT2D eigenvalue weighted by Gasteiger charge is 2.14. The number of aromatic nitrogens is 2. The van der Waals surface area contributed by atoms with Gasteiger partial charge in [-0.25, -0.2) is 5.10 Å². The summed E-state index contributed by atoms with van der Waals surface area (Å²) >= 11 is 0. The van der Waals surface area contributed by atoms with E-state index in [-0.39, 0.29) is 43.4 Å². The molecular weight excluding hydrogens is 372 g/mol. The van der Waals surface area contributed by atoms with Crippen LogP contribution in [0.4, 0.5) is 0 Å². The minimum Gasteiger partial charge on any atom is -0.394 e. The molecule has 150 valence electrons. The Hall–Kier alpha value is -3.52. The molecule has 1 heterocycles. The van der Waals surface area contributed by atoms with Gasteiger partial charge in [-0.3, -0.25) is 14.4 Å². The predicted molar refractivity (Wildman–Crippen MR) is 108 cm³/mol. The predicted octanol–water partition coefficient (Wildman–Crippen LogP) is 0.822. The van der Waals surface area contributed by atoms with E-state index < -0.39 is 6.04 Å². The summed E-state index contributed by atoms with van der Waals surface area (Å²) in [6.07, 6.45) is 0.0665. The number of amides is 2. The summed E-state index contributed by atoms with van der Waals surface area (Å²) < 4.78 is 0. The van der Waals surface area contributed by atoms with Gasteiger partial charge in [0.25, 0.3) is 5.56 Å². The molecule has 3 aromatic rings. The number of carbonyl (C=O) groups is 2. The van der Waals surface area contributed by atoms with Gasteiger partial charge in [-0.1, -0.05) is 48.5 Å². The fourth-order valence-electron chi connectivity index (χ4n) is 3.02. The number of benzene rings is 2. The van der Waals surface area contributed by atoms with Crippen LogP contribution in [0.5, 0.6) is 0 Å². The fraction of sp³-hybridized carbons (Fsp3) is 0.238. The molecule has 0 spiro atoms. The summed E-state index contributed by atoms with van der Waals surface area (Å²) in [5.74, 6) is -0.579. The smallest absolute Gasteiger partial charge is 0.272 e. The number of fused-ring (bicyclic) bond motifs is 1. The number of rotatable bonds is 8. The maximum Gasteiger partial charge on any atom is 0.272 e. The molecule has 3 rings (SSSR count). The highest BCUT2D eigenvalue weighted by Crippen LogP contribution is 2.13. The molecule has 4 N–H and O–H groups in total. The second kappa shape index (κ2) is 9.61. The lowest BCUT2D eigenvalue weighted by atomic mass is 10.1. The zero-order valence-electron chi connectivity index (χ0n) is 15.7. The van der Waals surface area contributed by atoms with Gasteiger partial charge in [0.2, 0.25) is 11.8 Å². The highest BCUT2D eigenvalue weighted by molar-refractivity contribution is 5.88. The molecule has 1 aromatic heterocycles. The van der Waals surface area contributed by atoms with Crippen LogP contribution in [0.2, 0.25) is 0 Å². The van der Waals surface area contributed by atoms with Gasteiger partial charge >= 0.3 is 0 Å². The molecule has 0 saturated carbocycles. The average molecular weight is 394 g/mol. The minimum atomic E-state index is -0.490. The van der Waals surface area contributed by atoms with Gasteiger partial charge in [0.1, 0.15) is 0 Å². The summed E-state index contributed by atoms with van der Waals surface area (Å²) in [7, 11) is 0. The number of aliphatic hydroxyl groups is 1. The van der Waals surface area contributed by atoms with Crippen LogP contribution >= 0.6 is 0 Å². The lowest BCUT2D eigenvalue weighted by Gasteiger charge is -2.16. The summed E-state index contributed by atoms with van der Waals surface area (Å²) in [6, 6.07) is 15.6. The number of H-pyrrole nitrogens is 1. The van der Waals surface area contributed by atoms with E-state index in [1.54, 1.807) is 24.3 Å². The Labute approximate surface area is 167 Å². The van der Waals surface area contributed by atoms with Gasteiger partial charge in [0.15, 0.2) is 0 Å². The van der Waals surface area contributed by atoms with Gasteiger partial charge in [-0.15, -0.1) is 0 Å². The molecule has 1 unspecified atom stereocenters. The molecular formula is C21H22N4O4. The number of hydrogen-bond donors (Lipinski definition) is 4. The Morgan fingerprint density at radius 2 is 1.69 bits per heavy atom. The lowest BCUT2D eigenvalue weighted by Crippen LogP contribution is -2.34. The first-order valence-electron chi connectivity index (χ1n) is 9.26. The summed E-state index contributed by atoms with van der Waals surface area (Å²) in [4.78, 5) is 36.1. The first kappa shape index (κ1) is 20.2. The molecule has 0 fully saturated rings. The molecule has 2 aromatic carbocycles. The van der Waals surface area contributed by atoms with Crippen LogP contribution in [0, 0.1) is 0 Å². The van der Waals surface area contributed by atoms with Crippen molar-refractivity contribution in [2.24, 2.45) is 0 Å². The summed E-state index contributed by atoms with van der Waals surface area (Å²) in [6.45, 7) is -0.0635. The van der Waals surface area contributed by atoms with Crippen molar-refractivity contribution in [3.05, 3.63) is 76.2 Å². The van der Waals surface area contributed by atoms with Gasteiger partial charge in [0, 0.05) is 18.4 Å². The quantitative estimate of drug-likeness (QED) is 0.450. The zero-order chi connectivity index (χ0) is 20.6. The monoisotopic (exact) mass is 394 g/mol. The van der Waals surface area contributed by atoms with E-state index in [0.29, 0.717) is 16.5 Å². The summed E-state index contributed by atoms with van der Waals surface area (Å²) in [5, 5.41) is 22.4. The average Bonchev–Trinajstić information content (AvgIpc) is 2.75. The number of aliphatic hydroxyl groups excluding tert-OH is 1. The third kappa shape index (κ3) is 5.26. The standard InChI is InChI=1S/C21H22N4O4/c26-13-18(14-6-2-1-3-7-14)23-19(27)10-11-22-20(28)12-17-15-8-4-5-9-16(15)21(29)25-24-17/h1-9,18,26H,10-13H2,(H,22,28)(H,23,27)(H,25,29). The highest BCUT2D eigenvalue weighted by atomic mass is 16.3. The van der Waals surface area contributed by atoms with E-state index in [9.17, 15) is 19.5 Å². The zero-order valence-corrected chi connectivity index (χ0v) is 15.7. The largest absolute Gasteiger partial charge is 0.394 e. The van der Waals surface area contributed by atoms with Crippen LogP contribution in [-0.2, 0) is 16.0 Å². The Kier molecular flexibility index (Phi) is 6.70. The normalized spacial score (nSPS) is 11.8. The number of aromatic amines is 1. The van der Waals surface area contributed by atoms with Gasteiger partial charge in [-0.2, -0.15) is 5.10 Å². The van der Waals surface area contributed by atoms with Crippen molar-refractivity contribution < 1.29 is 14.7 Å². The molecule has 29 heavy (non-hydrogen) atoms. The third-order valence-corrected chi connectivity index (χ3v) is 4.50. The van der Waals surface area contributed by atoms with Crippen molar-refractivity contribution in [3.63, 3.8) is 0 Å². The van der Waals surface area contributed by atoms with E-state index in [2.05, 4.69) is 20.8 Å². The van der Waals surface area contributed by atoms with Crippen molar-refractivity contribution in [2.75, 3.05) is 13.2 Å². The van der Waals surface area contributed by atoms with E-state index in [1.165, 1.54) is 0 Å². The maximum atomic E-state index is 12.2. The van der Waals surface area contributed by atoms with Crippen LogP contribution in [0.1, 0.15) is 23.7 Å². The van der Waals surface area contributed by atoms with Gasteiger partial charge < -0.3 is 15.7 Å². The van der Waals surface area contributed by atoms with E-state index in [0.717, 1.165) is 5.56 Å². The molecule has 0 radical (unpaired) electrons. The number of carbonyl (C=O) groups excluding carboxylic acids is 2. The maximum absolute atomic E-state index is 12.2. The first-order chi connectivity index (χ1) is 14.1. The van der Waals surface area contributed by atoms with E-state index in [1.807, 2.05) is 30.3 Å². The minimum absolute atomic E-state index is 0.0117. The molecule has 8 nitrogen and oxygen atoms in total. The van der Waals surface area contributed by atoms with Crippen LogP contribution in [0.15, 0.2) is 59.4 Å². The Balaban J connectivity index is 1.51. The van der Waals surface area contributed by atoms with E-state index in [4.69, 9.17) is 0 Å². The molecule has 0 aliphatic rings.